The quantitative estimate of drug-likeness (QED) is 0.834. The molecule has 1 fully saturated rings. The maximum atomic E-state index is 12.3. The largest absolute Gasteiger partial charge is 0.395 e. The Morgan fingerprint density at radius 2 is 2.19 bits per heavy atom. The van der Waals surface area contributed by atoms with Crippen molar-refractivity contribution in [2.24, 2.45) is 0 Å². The van der Waals surface area contributed by atoms with E-state index < -0.39 is 0 Å². The van der Waals surface area contributed by atoms with Crippen molar-refractivity contribution in [1.82, 2.24) is 9.47 Å². The molecule has 1 amide bonds. The van der Waals surface area contributed by atoms with Gasteiger partial charge in [0.15, 0.2) is 0 Å². The summed E-state index contributed by atoms with van der Waals surface area (Å²) in [6.45, 7) is 2.96. The van der Waals surface area contributed by atoms with Crippen LogP contribution in [0.5, 0.6) is 0 Å². The lowest BCUT2D eigenvalue weighted by Crippen LogP contribution is -2.40. The zero-order valence-corrected chi connectivity index (χ0v) is 13.4. The van der Waals surface area contributed by atoms with E-state index in [0.717, 1.165) is 18.5 Å². The summed E-state index contributed by atoms with van der Waals surface area (Å²) < 4.78 is 1.73. The highest BCUT2D eigenvalue weighted by molar-refractivity contribution is 7.07. The fraction of sp³-hybridized carbons (Fsp3) is 0.733. The predicted octanol–water partition coefficient (Wildman–Crippen LogP) is 1.76. The maximum Gasteiger partial charge on any atom is 0.307 e. The van der Waals surface area contributed by atoms with Gasteiger partial charge in [-0.15, -0.1) is 0 Å². The van der Waals surface area contributed by atoms with Crippen LogP contribution in [0.3, 0.4) is 0 Å². The van der Waals surface area contributed by atoms with Crippen LogP contribution in [0.25, 0.3) is 0 Å². The Kier molecular flexibility index (Phi) is 5.99. The van der Waals surface area contributed by atoms with Crippen molar-refractivity contribution in [3.63, 3.8) is 0 Å². The summed E-state index contributed by atoms with van der Waals surface area (Å²) in [6.07, 6.45) is 5.56. The predicted molar refractivity (Wildman–Crippen MR) is 83.6 cm³/mol. The molecule has 1 heterocycles. The van der Waals surface area contributed by atoms with Gasteiger partial charge in [-0.1, -0.05) is 24.2 Å². The Morgan fingerprint density at radius 3 is 2.76 bits per heavy atom. The van der Waals surface area contributed by atoms with Crippen LogP contribution in [0.15, 0.2) is 10.2 Å². The molecule has 0 radical (unpaired) electrons. The minimum absolute atomic E-state index is 0.0192. The highest BCUT2D eigenvalue weighted by Gasteiger charge is 2.25. The van der Waals surface area contributed by atoms with Gasteiger partial charge in [0.25, 0.3) is 0 Å². The van der Waals surface area contributed by atoms with Crippen molar-refractivity contribution >= 4 is 17.2 Å². The van der Waals surface area contributed by atoms with Crippen molar-refractivity contribution in [3.8, 4) is 0 Å². The first-order valence-electron chi connectivity index (χ1n) is 7.68. The molecule has 1 aliphatic rings. The topological polar surface area (TPSA) is 62.5 Å². The van der Waals surface area contributed by atoms with Crippen molar-refractivity contribution in [2.45, 2.75) is 58.0 Å². The standard InChI is InChI=1S/C15H24N2O3S/c1-12-11-21-15(20)16(12)8-4-7-14(19)17(9-10-18)13-5-2-3-6-13/h11,13,18H,2-10H2,1H3. The van der Waals surface area contributed by atoms with Crippen molar-refractivity contribution in [1.29, 1.82) is 0 Å². The Labute approximate surface area is 129 Å². The molecular formula is C15H24N2O3S. The third-order valence-corrected chi connectivity index (χ3v) is 5.06. The van der Waals surface area contributed by atoms with E-state index in [1.807, 2.05) is 17.2 Å². The van der Waals surface area contributed by atoms with Crippen LogP contribution in [0.4, 0.5) is 0 Å². The Hall–Kier alpha value is -1.14. The second-order valence-electron chi connectivity index (χ2n) is 5.65. The number of thiazole rings is 1. The lowest BCUT2D eigenvalue weighted by molar-refractivity contribution is -0.134. The van der Waals surface area contributed by atoms with Crippen molar-refractivity contribution in [3.05, 3.63) is 20.7 Å². The van der Waals surface area contributed by atoms with Crippen molar-refractivity contribution in [2.75, 3.05) is 13.2 Å². The van der Waals surface area contributed by atoms with E-state index in [-0.39, 0.29) is 17.4 Å². The molecule has 0 saturated heterocycles. The van der Waals surface area contributed by atoms with Gasteiger partial charge >= 0.3 is 4.87 Å². The molecule has 1 aliphatic carbocycles. The van der Waals surface area contributed by atoms with Gasteiger partial charge in [0.2, 0.25) is 5.91 Å². The minimum atomic E-state index is 0.0192. The molecule has 6 heteroatoms. The van der Waals surface area contributed by atoms with Crippen LogP contribution in [0.2, 0.25) is 0 Å². The first-order valence-corrected chi connectivity index (χ1v) is 8.56. The van der Waals surface area contributed by atoms with Crippen molar-refractivity contribution < 1.29 is 9.90 Å². The SMILES string of the molecule is Cc1csc(=O)n1CCCC(=O)N(CCO)C1CCCC1. The maximum absolute atomic E-state index is 12.3. The Morgan fingerprint density at radius 1 is 1.48 bits per heavy atom. The molecule has 0 aliphatic heterocycles. The van der Waals surface area contributed by atoms with Gasteiger partial charge in [-0.25, -0.2) is 0 Å². The van der Waals surface area contributed by atoms with E-state index in [9.17, 15) is 9.59 Å². The molecule has 1 N–H and O–H groups in total. The molecule has 0 unspecified atom stereocenters. The normalized spacial score (nSPS) is 15.5. The molecule has 0 bridgehead atoms. The third kappa shape index (κ3) is 4.17. The number of hydrogen-bond acceptors (Lipinski definition) is 4. The average Bonchev–Trinajstić information content (AvgIpc) is 3.09. The lowest BCUT2D eigenvalue weighted by atomic mass is 10.1. The molecule has 5 nitrogen and oxygen atoms in total. The third-order valence-electron chi connectivity index (χ3n) is 4.18. The number of amides is 1. The molecule has 1 aromatic heterocycles. The van der Waals surface area contributed by atoms with E-state index >= 15 is 0 Å². The molecule has 118 valence electrons. The summed E-state index contributed by atoms with van der Waals surface area (Å²) in [7, 11) is 0. The van der Waals surface area contributed by atoms with E-state index in [2.05, 4.69) is 0 Å². The van der Waals surface area contributed by atoms with Crippen LogP contribution < -0.4 is 4.87 Å². The fourth-order valence-electron chi connectivity index (χ4n) is 3.04. The number of hydrogen-bond donors (Lipinski definition) is 1. The van der Waals surface area contributed by atoms with E-state index in [0.29, 0.717) is 32.0 Å². The van der Waals surface area contributed by atoms with E-state index in [1.165, 1.54) is 24.2 Å². The molecule has 2 rings (SSSR count). The number of aromatic nitrogens is 1. The number of carbonyl (C=O) groups is 1. The fourth-order valence-corrected chi connectivity index (χ4v) is 3.80. The van der Waals surface area contributed by atoms with Crippen LogP contribution in [-0.4, -0.2) is 39.7 Å². The van der Waals surface area contributed by atoms with Gasteiger partial charge < -0.3 is 14.6 Å². The molecule has 0 spiro atoms. The summed E-state index contributed by atoms with van der Waals surface area (Å²) in [5.41, 5.74) is 0.959. The zero-order chi connectivity index (χ0) is 15.2. The molecule has 0 aromatic carbocycles. The van der Waals surface area contributed by atoms with Crippen LogP contribution in [0.1, 0.15) is 44.2 Å². The number of aryl methyl sites for hydroxylation is 1. The first kappa shape index (κ1) is 16.2. The second-order valence-corrected chi connectivity index (χ2v) is 6.47. The van der Waals surface area contributed by atoms with Crippen LogP contribution >= 0.6 is 11.3 Å². The first-order chi connectivity index (χ1) is 10.1. The number of nitrogens with zero attached hydrogens (tertiary/aromatic N) is 2. The smallest absolute Gasteiger partial charge is 0.307 e. The highest BCUT2D eigenvalue weighted by atomic mass is 32.1. The molecule has 21 heavy (non-hydrogen) atoms. The number of aliphatic hydroxyl groups is 1. The summed E-state index contributed by atoms with van der Waals surface area (Å²) in [4.78, 5) is 25.9. The monoisotopic (exact) mass is 312 g/mol. The van der Waals surface area contributed by atoms with E-state index in [1.54, 1.807) is 4.57 Å². The molecular weight excluding hydrogens is 288 g/mol. The van der Waals surface area contributed by atoms with Gasteiger partial charge in [-0.05, 0) is 26.2 Å². The summed E-state index contributed by atoms with van der Waals surface area (Å²) in [6, 6.07) is 0.301. The zero-order valence-electron chi connectivity index (χ0n) is 12.6. The summed E-state index contributed by atoms with van der Waals surface area (Å²) in [5, 5.41) is 11.0. The number of aliphatic hydroxyl groups excluding tert-OH is 1. The number of carbonyl (C=O) groups excluding carboxylic acids is 1. The van der Waals surface area contributed by atoms with Crippen LogP contribution in [-0.2, 0) is 11.3 Å². The van der Waals surface area contributed by atoms with Gasteiger partial charge in [0.1, 0.15) is 0 Å². The van der Waals surface area contributed by atoms with Gasteiger partial charge in [-0.2, -0.15) is 0 Å². The average molecular weight is 312 g/mol. The van der Waals surface area contributed by atoms with Gasteiger partial charge in [-0.3, -0.25) is 9.59 Å². The van der Waals surface area contributed by atoms with E-state index in [4.69, 9.17) is 5.11 Å². The lowest BCUT2D eigenvalue weighted by Gasteiger charge is -2.28. The number of rotatable bonds is 7. The highest BCUT2D eigenvalue weighted by Crippen LogP contribution is 2.24. The van der Waals surface area contributed by atoms with Crippen LogP contribution in [0, 0.1) is 6.92 Å². The summed E-state index contributed by atoms with van der Waals surface area (Å²) in [5.74, 6) is 0.108. The summed E-state index contributed by atoms with van der Waals surface area (Å²) >= 11 is 1.20. The Balaban J connectivity index is 1.85. The molecule has 0 atom stereocenters. The van der Waals surface area contributed by atoms with Gasteiger partial charge in [0.05, 0.1) is 6.61 Å². The molecule has 1 saturated carbocycles. The second kappa shape index (κ2) is 7.75. The molecule has 1 aromatic rings. The minimum Gasteiger partial charge on any atom is -0.395 e. The Bertz CT molecular complexity index is 517. The van der Waals surface area contributed by atoms with Gasteiger partial charge in [0, 0.05) is 36.6 Å².